The molecular weight excluding hydrogens is 289 g/mol. The van der Waals surface area contributed by atoms with Crippen LogP contribution < -0.4 is 5.32 Å². The Kier molecular flexibility index (Phi) is 3.88. The van der Waals surface area contributed by atoms with Gasteiger partial charge in [0.15, 0.2) is 0 Å². The molecule has 0 amide bonds. The van der Waals surface area contributed by atoms with Crippen LogP contribution in [-0.4, -0.2) is 9.78 Å². The molecule has 0 aliphatic rings. The second-order valence-electron chi connectivity index (χ2n) is 4.54. The smallest absolute Gasteiger partial charge is 0.147 e. The Labute approximate surface area is 127 Å². The van der Waals surface area contributed by atoms with E-state index >= 15 is 0 Å². The van der Waals surface area contributed by atoms with Gasteiger partial charge in [-0.2, -0.15) is 5.10 Å². The van der Waals surface area contributed by atoms with Crippen molar-refractivity contribution in [2.75, 3.05) is 5.32 Å². The van der Waals surface area contributed by atoms with E-state index < -0.39 is 0 Å². The molecule has 3 rings (SSSR count). The topological polar surface area (TPSA) is 29.9 Å². The van der Waals surface area contributed by atoms with Gasteiger partial charge in [0.05, 0.1) is 28.6 Å². The van der Waals surface area contributed by atoms with Crippen molar-refractivity contribution in [3.63, 3.8) is 0 Å². The Morgan fingerprint density at radius 1 is 1.05 bits per heavy atom. The fraction of sp³-hybridized carbons (Fsp3) is 0.0625. The molecule has 2 aromatic carbocycles. The normalized spacial score (nSPS) is 10.6. The molecule has 1 aromatic heterocycles. The molecule has 0 bridgehead atoms. The largest absolute Gasteiger partial charge is 0.376 e. The van der Waals surface area contributed by atoms with Crippen LogP contribution in [-0.2, 0) is 6.54 Å². The van der Waals surface area contributed by atoms with Crippen molar-refractivity contribution in [3.05, 3.63) is 77.3 Å². The van der Waals surface area contributed by atoms with Crippen LogP contribution in [0.1, 0.15) is 5.69 Å². The van der Waals surface area contributed by atoms with Crippen molar-refractivity contribution in [2.45, 2.75) is 6.54 Å². The van der Waals surface area contributed by atoms with Gasteiger partial charge in [-0.05, 0) is 30.3 Å². The summed E-state index contributed by atoms with van der Waals surface area (Å²) in [5, 5.41) is 7.78. The summed E-state index contributed by atoms with van der Waals surface area (Å²) in [6, 6.07) is 16.3. The van der Waals surface area contributed by atoms with Crippen LogP contribution in [0.15, 0.2) is 60.8 Å². The number of rotatable bonds is 4. The second kappa shape index (κ2) is 5.97. The fourth-order valence-corrected chi connectivity index (χ4v) is 2.26. The van der Waals surface area contributed by atoms with Gasteiger partial charge in [0, 0.05) is 6.20 Å². The Hall–Kier alpha value is -2.33. The summed E-state index contributed by atoms with van der Waals surface area (Å²) >= 11 is 5.97. The standard InChI is InChI=1S/C16H13ClFN3/c17-14-7-4-8-15(18)16(14)19-11-12-9-10-21(20-12)13-5-2-1-3-6-13/h1-10,19H,11H2. The second-order valence-corrected chi connectivity index (χ2v) is 4.94. The average molecular weight is 302 g/mol. The van der Waals surface area contributed by atoms with Gasteiger partial charge >= 0.3 is 0 Å². The summed E-state index contributed by atoms with van der Waals surface area (Å²) in [5.74, 6) is -0.370. The van der Waals surface area contributed by atoms with Crippen LogP contribution in [0.25, 0.3) is 5.69 Å². The maximum atomic E-state index is 13.7. The molecule has 0 saturated carbocycles. The first-order valence-corrected chi connectivity index (χ1v) is 6.90. The molecule has 5 heteroatoms. The van der Waals surface area contributed by atoms with Gasteiger partial charge in [0.1, 0.15) is 5.82 Å². The molecule has 1 N–H and O–H groups in total. The lowest BCUT2D eigenvalue weighted by Gasteiger charge is -2.07. The number of hydrogen-bond donors (Lipinski definition) is 1. The number of aromatic nitrogens is 2. The number of hydrogen-bond acceptors (Lipinski definition) is 2. The number of anilines is 1. The minimum atomic E-state index is -0.370. The average Bonchev–Trinajstić information content (AvgIpc) is 2.97. The third-order valence-electron chi connectivity index (χ3n) is 3.07. The van der Waals surface area contributed by atoms with Crippen molar-refractivity contribution in [1.29, 1.82) is 0 Å². The zero-order chi connectivity index (χ0) is 14.7. The lowest BCUT2D eigenvalue weighted by Crippen LogP contribution is -2.04. The van der Waals surface area contributed by atoms with E-state index in [0.29, 0.717) is 17.3 Å². The summed E-state index contributed by atoms with van der Waals surface area (Å²) in [4.78, 5) is 0. The molecule has 0 saturated heterocycles. The van der Waals surface area contributed by atoms with E-state index in [1.54, 1.807) is 16.8 Å². The predicted octanol–water partition coefficient (Wildman–Crippen LogP) is 4.28. The first kappa shape index (κ1) is 13.6. The van der Waals surface area contributed by atoms with E-state index in [4.69, 9.17) is 11.6 Å². The summed E-state index contributed by atoms with van der Waals surface area (Å²) in [6.45, 7) is 0.403. The SMILES string of the molecule is Fc1cccc(Cl)c1NCc1ccn(-c2ccccc2)n1. The first-order chi connectivity index (χ1) is 10.2. The molecule has 0 spiro atoms. The molecule has 3 nitrogen and oxygen atoms in total. The quantitative estimate of drug-likeness (QED) is 0.779. The number of nitrogens with zero attached hydrogens (tertiary/aromatic N) is 2. The Morgan fingerprint density at radius 2 is 1.86 bits per heavy atom. The van der Waals surface area contributed by atoms with Crippen molar-refractivity contribution >= 4 is 17.3 Å². The highest BCUT2D eigenvalue weighted by molar-refractivity contribution is 6.33. The number of nitrogens with one attached hydrogen (secondary N) is 1. The van der Waals surface area contributed by atoms with Crippen molar-refractivity contribution in [2.24, 2.45) is 0 Å². The highest BCUT2D eigenvalue weighted by Gasteiger charge is 2.07. The summed E-state index contributed by atoms with van der Waals surface area (Å²) in [5.41, 5.74) is 2.08. The molecule has 21 heavy (non-hydrogen) atoms. The maximum Gasteiger partial charge on any atom is 0.147 e. The van der Waals surface area contributed by atoms with Gasteiger partial charge in [-0.1, -0.05) is 35.9 Å². The van der Waals surface area contributed by atoms with Crippen LogP contribution in [0.4, 0.5) is 10.1 Å². The maximum absolute atomic E-state index is 13.7. The van der Waals surface area contributed by atoms with Gasteiger partial charge in [0.25, 0.3) is 0 Å². The van der Waals surface area contributed by atoms with Crippen LogP contribution in [0.2, 0.25) is 5.02 Å². The number of halogens is 2. The van der Waals surface area contributed by atoms with Gasteiger partial charge in [-0.25, -0.2) is 9.07 Å². The van der Waals surface area contributed by atoms with Gasteiger partial charge in [-0.15, -0.1) is 0 Å². The number of benzene rings is 2. The van der Waals surface area contributed by atoms with E-state index in [1.165, 1.54) is 6.07 Å². The summed E-state index contributed by atoms with van der Waals surface area (Å²) in [6.07, 6.45) is 1.87. The minimum absolute atomic E-state index is 0.299. The van der Waals surface area contributed by atoms with Crippen LogP contribution in [0, 0.1) is 5.82 Å². The monoisotopic (exact) mass is 301 g/mol. The Balaban J connectivity index is 1.74. The molecule has 0 atom stereocenters. The van der Waals surface area contributed by atoms with E-state index in [0.717, 1.165) is 11.4 Å². The Morgan fingerprint density at radius 3 is 2.62 bits per heavy atom. The molecular formula is C16H13ClFN3. The fourth-order valence-electron chi connectivity index (χ4n) is 2.03. The minimum Gasteiger partial charge on any atom is -0.376 e. The van der Waals surface area contributed by atoms with Crippen molar-refractivity contribution < 1.29 is 4.39 Å². The lowest BCUT2D eigenvalue weighted by molar-refractivity contribution is 0.630. The molecule has 1 heterocycles. The zero-order valence-electron chi connectivity index (χ0n) is 11.1. The molecule has 106 valence electrons. The third kappa shape index (κ3) is 3.06. The molecule has 0 unspecified atom stereocenters. The van der Waals surface area contributed by atoms with Crippen molar-refractivity contribution in [1.82, 2.24) is 9.78 Å². The Bertz CT molecular complexity index is 720. The van der Waals surface area contributed by atoms with E-state index in [2.05, 4.69) is 10.4 Å². The van der Waals surface area contributed by atoms with Crippen LogP contribution >= 0.6 is 11.6 Å². The van der Waals surface area contributed by atoms with Gasteiger partial charge < -0.3 is 5.32 Å². The van der Waals surface area contributed by atoms with E-state index in [-0.39, 0.29) is 5.82 Å². The molecule has 0 radical (unpaired) electrons. The molecule has 0 aliphatic carbocycles. The first-order valence-electron chi connectivity index (χ1n) is 6.52. The third-order valence-corrected chi connectivity index (χ3v) is 3.39. The van der Waals surface area contributed by atoms with Gasteiger partial charge in [-0.3, -0.25) is 0 Å². The summed E-state index contributed by atoms with van der Waals surface area (Å²) in [7, 11) is 0. The zero-order valence-corrected chi connectivity index (χ0v) is 11.9. The van der Waals surface area contributed by atoms with E-state index in [9.17, 15) is 4.39 Å². The lowest BCUT2D eigenvalue weighted by atomic mass is 10.3. The molecule has 0 fully saturated rings. The molecule has 0 aliphatic heterocycles. The van der Waals surface area contributed by atoms with Crippen LogP contribution in [0.3, 0.4) is 0 Å². The van der Waals surface area contributed by atoms with Gasteiger partial charge in [0.2, 0.25) is 0 Å². The molecule has 3 aromatic rings. The predicted molar refractivity (Wildman–Crippen MR) is 82.3 cm³/mol. The number of para-hydroxylation sites is 2. The highest BCUT2D eigenvalue weighted by atomic mass is 35.5. The van der Waals surface area contributed by atoms with Crippen LogP contribution in [0.5, 0.6) is 0 Å². The summed E-state index contributed by atoms with van der Waals surface area (Å²) < 4.78 is 15.4. The van der Waals surface area contributed by atoms with Crippen molar-refractivity contribution in [3.8, 4) is 5.69 Å². The highest BCUT2D eigenvalue weighted by Crippen LogP contribution is 2.25. The van der Waals surface area contributed by atoms with E-state index in [1.807, 2.05) is 42.6 Å².